The van der Waals surface area contributed by atoms with Gasteiger partial charge in [-0.1, -0.05) is 190 Å². The normalized spacial score (nSPS) is 13.3. The van der Waals surface area contributed by atoms with Crippen LogP contribution in [0.3, 0.4) is 0 Å². The average Bonchev–Trinajstić information content (AvgIpc) is 3.27. The smallest absolute Gasteiger partial charge is 0.361 e. The Bertz CT molecular complexity index is 1250. The lowest BCUT2D eigenvalue weighted by molar-refractivity contribution is -0.870. The number of rotatable bonds is 48. The van der Waals surface area contributed by atoms with E-state index < -0.39 is 24.3 Å². The molecule has 1 N–H and O–H groups in total. The molecule has 2 unspecified atom stereocenters. The summed E-state index contributed by atoms with van der Waals surface area (Å²) in [6.45, 7) is 4.75. The van der Waals surface area contributed by atoms with Gasteiger partial charge in [0.2, 0.25) is 0 Å². The van der Waals surface area contributed by atoms with Crippen LogP contribution in [0.2, 0.25) is 0 Å². The van der Waals surface area contributed by atoms with Gasteiger partial charge in [-0.3, -0.25) is 9.59 Å². The van der Waals surface area contributed by atoms with Crippen molar-refractivity contribution in [2.45, 2.75) is 232 Å². The van der Waals surface area contributed by atoms with Crippen molar-refractivity contribution < 1.29 is 42.9 Å². The molecule has 0 aliphatic heterocycles. The van der Waals surface area contributed by atoms with Crippen molar-refractivity contribution in [3.8, 4) is 0 Å². The quantitative estimate of drug-likeness (QED) is 0.0211. The van der Waals surface area contributed by atoms with Crippen molar-refractivity contribution in [1.29, 1.82) is 0 Å². The van der Waals surface area contributed by atoms with Gasteiger partial charge in [-0.2, -0.15) is 0 Å². The molecule has 0 saturated heterocycles. The summed E-state index contributed by atoms with van der Waals surface area (Å²) in [4.78, 5) is 37.3. The molecule has 0 rings (SSSR count). The molecule has 65 heavy (non-hydrogen) atoms. The first kappa shape index (κ1) is 62.0. The molecule has 0 fully saturated rings. The van der Waals surface area contributed by atoms with Gasteiger partial charge in [-0.15, -0.1) is 0 Å². The lowest BCUT2D eigenvalue weighted by Gasteiger charge is -2.25. The molecule has 0 saturated carbocycles. The Labute approximate surface area is 399 Å². The van der Waals surface area contributed by atoms with Gasteiger partial charge in [-0.25, -0.2) is 4.79 Å². The zero-order valence-electron chi connectivity index (χ0n) is 42.6. The molecular weight excluding hydrogens is 815 g/mol. The minimum Gasteiger partial charge on any atom is -0.477 e. The summed E-state index contributed by atoms with van der Waals surface area (Å²) < 4.78 is 22.8. The van der Waals surface area contributed by atoms with Gasteiger partial charge in [0.05, 0.1) is 34.4 Å². The maximum Gasteiger partial charge on any atom is 0.361 e. The Morgan fingerprint density at radius 1 is 0.477 bits per heavy atom. The van der Waals surface area contributed by atoms with Crippen molar-refractivity contribution in [1.82, 2.24) is 0 Å². The van der Waals surface area contributed by atoms with E-state index in [4.69, 9.17) is 18.9 Å². The molecule has 9 nitrogen and oxygen atoms in total. The minimum absolute atomic E-state index is 0.183. The number of nitrogens with zero attached hydrogens (tertiary/aromatic N) is 1. The van der Waals surface area contributed by atoms with Crippen molar-refractivity contribution in [2.75, 3.05) is 47.5 Å². The summed E-state index contributed by atoms with van der Waals surface area (Å²) in [6, 6.07) is 0. The van der Waals surface area contributed by atoms with Crippen molar-refractivity contribution >= 4 is 17.9 Å². The van der Waals surface area contributed by atoms with Crippen molar-refractivity contribution in [3.05, 3.63) is 60.8 Å². The highest BCUT2D eigenvalue weighted by Crippen LogP contribution is 2.15. The number of allylic oxidation sites excluding steroid dienone is 10. The molecule has 0 aliphatic rings. The van der Waals surface area contributed by atoms with Crippen LogP contribution in [0.5, 0.6) is 0 Å². The van der Waals surface area contributed by atoms with E-state index in [9.17, 15) is 19.5 Å². The van der Waals surface area contributed by atoms with Gasteiger partial charge in [0.15, 0.2) is 6.10 Å². The molecule has 0 aromatic heterocycles. The van der Waals surface area contributed by atoms with E-state index >= 15 is 0 Å². The Balaban J connectivity index is 4.30. The lowest BCUT2D eigenvalue weighted by atomic mass is 10.0. The third-order valence-electron chi connectivity index (χ3n) is 11.3. The number of esters is 2. The summed E-state index contributed by atoms with van der Waals surface area (Å²) in [5.41, 5.74) is 0. The molecule has 376 valence electrons. The van der Waals surface area contributed by atoms with E-state index in [0.717, 1.165) is 70.6 Å². The predicted molar refractivity (Wildman–Crippen MR) is 272 cm³/mol. The number of carbonyl (C=O) groups is 3. The SMILES string of the molecule is CC/C=C\C/C=C\C/C=C\CCCCCCCCCC(=O)OC(COC(=O)CCCCCCCCCCCCC/C=C\C/C=C\CCCCCCC)COC(OCC[N+](C)(C)C)C(=O)O. The summed E-state index contributed by atoms with van der Waals surface area (Å²) in [5, 5.41) is 9.67. The van der Waals surface area contributed by atoms with Crippen LogP contribution in [0.4, 0.5) is 0 Å². The summed E-state index contributed by atoms with van der Waals surface area (Å²) in [5.74, 6) is -2.02. The van der Waals surface area contributed by atoms with E-state index in [1.54, 1.807) is 0 Å². The highest BCUT2D eigenvalue weighted by atomic mass is 16.7. The average molecular weight is 915 g/mol. The third-order valence-corrected chi connectivity index (χ3v) is 11.3. The van der Waals surface area contributed by atoms with Gasteiger partial charge in [-0.05, 0) is 77.0 Å². The lowest BCUT2D eigenvalue weighted by Crippen LogP contribution is -2.40. The highest BCUT2D eigenvalue weighted by Gasteiger charge is 2.25. The van der Waals surface area contributed by atoms with Gasteiger partial charge in [0.25, 0.3) is 6.29 Å². The van der Waals surface area contributed by atoms with E-state index in [1.807, 2.05) is 21.1 Å². The molecule has 0 bridgehead atoms. The number of hydrogen-bond donors (Lipinski definition) is 1. The summed E-state index contributed by atoms with van der Waals surface area (Å²) in [7, 11) is 5.96. The second kappa shape index (κ2) is 47.5. The second-order valence-corrected chi connectivity index (χ2v) is 18.8. The van der Waals surface area contributed by atoms with Crippen LogP contribution in [0, 0.1) is 0 Å². The van der Waals surface area contributed by atoms with Crippen LogP contribution >= 0.6 is 0 Å². The number of likely N-dealkylation sites (N-methyl/N-ethyl adjacent to an activating group) is 1. The van der Waals surface area contributed by atoms with Crippen LogP contribution in [-0.4, -0.2) is 87.4 Å². The fraction of sp³-hybridized carbons (Fsp3) is 0.768. The molecule has 0 aromatic rings. The topological polar surface area (TPSA) is 108 Å². The van der Waals surface area contributed by atoms with Gasteiger partial charge in [0.1, 0.15) is 13.2 Å². The zero-order chi connectivity index (χ0) is 47.7. The molecule has 0 heterocycles. The molecule has 0 spiro atoms. The Morgan fingerprint density at radius 2 is 0.877 bits per heavy atom. The standard InChI is InChI=1S/C56H99NO8/c1-6-8-10-12-14-16-18-20-22-24-25-26-27-28-29-31-32-34-36-38-40-42-44-46-53(58)63-50-52(51-64-56(55(60)61)62-49-48-57(3,4)5)65-54(59)47-45-43-41-39-37-35-33-30-23-21-19-17-15-13-11-9-7-2/h9,11,15,17-18,20-21,23-25,52,56H,6-8,10,12-14,16,19,22,26-51H2,1-5H3/p+1/b11-9-,17-15-,20-18-,23-21-,25-24-. The number of quaternary nitrogens is 1. The zero-order valence-corrected chi connectivity index (χ0v) is 42.6. The van der Waals surface area contributed by atoms with Crippen molar-refractivity contribution in [3.63, 3.8) is 0 Å². The Hall–Kier alpha value is -3.01. The number of carboxylic acid groups (broad SMARTS) is 1. The number of hydrogen-bond acceptors (Lipinski definition) is 7. The van der Waals surface area contributed by atoms with Crippen LogP contribution in [0.25, 0.3) is 0 Å². The minimum atomic E-state index is -1.51. The molecule has 9 heteroatoms. The molecule has 0 amide bonds. The predicted octanol–water partition coefficient (Wildman–Crippen LogP) is 14.9. The fourth-order valence-electron chi connectivity index (χ4n) is 7.17. The van der Waals surface area contributed by atoms with Gasteiger partial charge in [0, 0.05) is 12.8 Å². The Morgan fingerprint density at radius 3 is 1.31 bits per heavy atom. The summed E-state index contributed by atoms with van der Waals surface area (Å²) >= 11 is 0. The number of carbonyl (C=O) groups excluding carboxylic acids is 2. The van der Waals surface area contributed by atoms with E-state index in [0.29, 0.717) is 23.9 Å². The number of ether oxygens (including phenoxy) is 4. The maximum atomic E-state index is 12.8. The third kappa shape index (κ3) is 48.7. The van der Waals surface area contributed by atoms with Crippen LogP contribution in [0.15, 0.2) is 60.8 Å². The van der Waals surface area contributed by atoms with Crippen molar-refractivity contribution in [2.24, 2.45) is 0 Å². The van der Waals surface area contributed by atoms with E-state index in [1.165, 1.54) is 116 Å². The van der Waals surface area contributed by atoms with Crippen LogP contribution in [0.1, 0.15) is 219 Å². The van der Waals surface area contributed by atoms with Crippen LogP contribution in [-0.2, 0) is 33.3 Å². The number of unbranched alkanes of at least 4 members (excludes halogenated alkanes) is 23. The van der Waals surface area contributed by atoms with Gasteiger partial charge < -0.3 is 28.5 Å². The number of carboxylic acids is 1. The molecule has 0 aromatic carbocycles. The molecule has 0 aliphatic carbocycles. The van der Waals surface area contributed by atoms with Crippen LogP contribution < -0.4 is 0 Å². The fourth-order valence-corrected chi connectivity index (χ4v) is 7.17. The van der Waals surface area contributed by atoms with E-state index in [2.05, 4.69) is 74.6 Å². The molecule has 2 atom stereocenters. The highest BCUT2D eigenvalue weighted by molar-refractivity contribution is 5.71. The maximum absolute atomic E-state index is 12.8. The molecule has 0 radical (unpaired) electrons. The summed E-state index contributed by atoms with van der Waals surface area (Å²) in [6.07, 6.45) is 55.7. The van der Waals surface area contributed by atoms with Gasteiger partial charge >= 0.3 is 17.9 Å². The monoisotopic (exact) mass is 915 g/mol. The Kier molecular flexibility index (Phi) is 45.3. The molecular formula is C56H100NO8+. The van der Waals surface area contributed by atoms with E-state index in [-0.39, 0.29) is 32.2 Å². The first-order chi connectivity index (χ1) is 31.6. The number of aliphatic carboxylic acids is 1. The first-order valence-electron chi connectivity index (χ1n) is 26.5. The first-order valence-corrected chi connectivity index (χ1v) is 26.5. The largest absolute Gasteiger partial charge is 0.477 e. The second-order valence-electron chi connectivity index (χ2n) is 18.8.